The summed E-state index contributed by atoms with van der Waals surface area (Å²) in [5.41, 5.74) is 7.53. The summed E-state index contributed by atoms with van der Waals surface area (Å²) in [6.07, 6.45) is 0.342. The number of benzene rings is 2. The Hall–Kier alpha value is -3.57. The third-order valence-electron chi connectivity index (χ3n) is 4.88. The summed E-state index contributed by atoms with van der Waals surface area (Å²) in [6, 6.07) is 12.1. The Morgan fingerprint density at radius 1 is 0.853 bits per heavy atom. The Morgan fingerprint density at radius 2 is 1.47 bits per heavy atom. The monoisotopic (exact) mass is 488 g/mol. The van der Waals surface area contributed by atoms with Gasteiger partial charge >= 0.3 is 5.97 Å². The smallest absolute Gasteiger partial charge is 0.327 e. The molecule has 3 amide bonds. The lowest BCUT2D eigenvalue weighted by Gasteiger charge is -2.21. The van der Waals surface area contributed by atoms with Gasteiger partial charge in [-0.05, 0) is 29.7 Å². The van der Waals surface area contributed by atoms with Crippen LogP contribution in [0.3, 0.4) is 0 Å². The average molecular weight is 489 g/mol. The maximum atomic E-state index is 12.8. The Bertz CT molecular complexity index is 987. The first-order chi connectivity index (χ1) is 16.2. The van der Waals surface area contributed by atoms with Crippen LogP contribution in [-0.2, 0) is 32.0 Å². The second kappa shape index (κ2) is 13.2. The van der Waals surface area contributed by atoms with E-state index in [1.165, 1.54) is 12.1 Å². The van der Waals surface area contributed by atoms with Gasteiger partial charge in [-0.15, -0.1) is 0 Å². The van der Waals surface area contributed by atoms with E-state index in [0.29, 0.717) is 0 Å². The molecule has 3 atom stereocenters. The number of nitrogens with two attached hydrogens (primary N) is 1. The zero-order valence-electron chi connectivity index (χ0n) is 18.3. The number of phenols is 1. The number of rotatable bonds is 12. The first kappa shape index (κ1) is 26.7. The van der Waals surface area contributed by atoms with Crippen molar-refractivity contribution in [3.8, 4) is 5.75 Å². The molecule has 0 aliphatic rings. The van der Waals surface area contributed by atoms with Crippen molar-refractivity contribution in [3.63, 3.8) is 0 Å². The minimum atomic E-state index is -1.24. The zero-order valence-corrected chi connectivity index (χ0v) is 19.2. The van der Waals surface area contributed by atoms with Gasteiger partial charge in [-0.1, -0.05) is 42.5 Å². The fourth-order valence-electron chi connectivity index (χ4n) is 3.04. The van der Waals surface area contributed by atoms with E-state index >= 15 is 0 Å². The molecule has 11 heteroatoms. The van der Waals surface area contributed by atoms with Crippen LogP contribution in [0.25, 0.3) is 0 Å². The summed E-state index contributed by atoms with van der Waals surface area (Å²) in [7, 11) is 0. The third kappa shape index (κ3) is 8.75. The second-order valence-corrected chi connectivity index (χ2v) is 7.95. The first-order valence-corrected chi connectivity index (χ1v) is 11.1. The normalized spacial score (nSPS) is 13.2. The molecule has 7 N–H and O–H groups in total. The van der Waals surface area contributed by atoms with Crippen molar-refractivity contribution in [1.82, 2.24) is 16.0 Å². The predicted octanol–water partition coefficient (Wildman–Crippen LogP) is -0.395. The van der Waals surface area contributed by atoms with Gasteiger partial charge in [-0.25, -0.2) is 4.79 Å². The number of phenolic OH excluding ortho intramolecular Hbond substituents is 1. The van der Waals surface area contributed by atoms with Gasteiger partial charge in [0.1, 0.15) is 17.8 Å². The van der Waals surface area contributed by atoms with Crippen molar-refractivity contribution in [1.29, 1.82) is 0 Å². The van der Waals surface area contributed by atoms with Crippen molar-refractivity contribution in [2.24, 2.45) is 5.73 Å². The number of carboxylic acids is 1. The van der Waals surface area contributed by atoms with E-state index in [2.05, 4.69) is 28.6 Å². The molecule has 0 saturated heterocycles. The molecule has 0 aliphatic carbocycles. The molecule has 0 aliphatic heterocycles. The number of hydrogen-bond acceptors (Lipinski definition) is 7. The van der Waals surface area contributed by atoms with E-state index in [4.69, 9.17) is 10.8 Å². The maximum absolute atomic E-state index is 12.8. The molecule has 0 heterocycles. The number of carboxylic acid groups (broad SMARTS) is 1. The van der Waals surface area contributed by atoms with Crippen LogP contribution in [0.5, 0.6) is 5.75 Å². The molecule has 0 spiro atoms. The number of amides is 3. The minimum absolute atomic E-state index is 0.0921. The van der Waals surface area contributed by atoms with Crippen LogP contribution in [0.4, 0.5) is 0 Å². The molecule has 0 fully saturated rings. The van der Waals surface area contributed by atoms with Gasteiger partial charge in [0.05, 0.1) is 12.6 Å². The highest BCUT2D eigenvalue weighted by Gasteiger charge is 2.25. The van der Waals surface area contributed by atoms with Crippen LogP contribution >= 0.6 is 12.6 Å². The van der Waals surface area contributed by atoms with E-state index in [9.17, 15) is 24.3 Å². The van der Waals surface area contributed by atoms with E-state index in [1.54, 1.807) is 36.4 Å². The Balaban J connectivity index is 2.02. The van der Waals surface area contributed by atoms with Gasteiger partial charge in [0.15, 0.2) is 0 Å². The maximum Gasteiger partial charge on any atom is 0.327 e. The van der Waals surface area contributed by atoms with Crippen molar-refractivity contribution in [2.45, 2.75) is 31.0 Å². The molecule has 34 heavy (non-hydrogen) atoms. The standard InChI is InChI=1S/C23H28N4O6S/c24-17(10-15-6-8-16(28)9-7-15)21(30)27-18(11-14-4-2-1-3-5-14)22(31)25-12-20(29)26-19(13-34)23(32)33/h1-9,17-19,28,34H,10-13,24H2,(H,25,31)(H,26,29)(H,27,30)(H,32,33). The molecule has 0 saturated carbocycles. The number of thiol groups is 1. The van der Waals surface area contributed by atoms with Gasteiger partial charge in [0, 0.05) is 12.2 Å². The highest BCUT2D eigenvalue weighted by molar-refractivity contribution is 7.80. The number of hydrogen-bond donors (Lipinski definition) is 7. The van der Waals surface area contributed by atoms with Crippen molar-refractivity contribution in [2.75, 3.05) is 12.3 Å². The molecular weight excluding hydrogens is 460 g/mol. The molecule has 2 aromatic carbocycles. The van der Waals surface area contributed by atoms with Gasteiger partial charge in [0.25, 0.3) is 0 Å². The Kier molecular flexibility index (Phi) is 10.4. The van der Waals surface area contributed by atoms with Crippen molar-refractivity contribution < 1.29 is 29.4 Å². The van der Waals surface area contributed by atoms with Crippen LogP contribution in [0, 0.1) is 0 Å². The van der Waals surface area contributed by atoms with Gasteiger partial charge in [-0.2, -0.15) is 12.6 Å². The minimum Gasteiger partial charge on any atom is -0.508 e. The fraction of sp³-hybridized carbons (Fsp3) is 0.304. The quantitative estimate of drug-likeness (QED) is 0.199. The van der Waals surface area contributed by atoms with Crippen molar-refractivity contribution in [3.05, 3.63) is 65.7 Å². The number of nitrogens with one attached hydrogen (secondary N) is 3. The van der Waals surface area contributed by atoms with Gasteiger partial charge in [0.2, 0.25) is 17.7 Å². The van der Waals surface area contributed by atoms with E-state index < -0.39 is 48.4 Å². The lowest BCUT2D eigenvalue weighted by molar-refractivity contribution is -0.141. The van der Waals surface area contributed by atoms with E-state index in [1.807, 2.05) is 6.07 Å². The Labute approximate surface area is 202 Å². The first-order valence-electron chi connectivity index (χ1n) is 10.5. The highest BCUT2D eigenvalue weighted by Crippen LogP contribution is 2.11. The molecule has 2 rings (SSSR count). The molecule has 3 unspecified atom stereocenters. The van der Waals surface area contributed by atoms with Crippen LogP contribution in [0.2, 0.25) is 0 Å². The summed E-state index contributed by atoms with van der Waals surface area (Å²) in [5, 5.41) is 25.7. The average Bonchev–Trinajstić information content (AvgIpc) is 2.82. The summed E-state index contributed by atoms with van der Waals surface area (Å²) in [4.78, 5) is 48.5. The molecule has 182 valence electrons. The van der Waals surface area contributed by atoms with Crippen LogP contribution in [0.15, 0.2) is 54.6 Å². The SMILES string of the molecule is NC(Cc1ccc(O)cc1)C(=O)NC(Cc1ccccc1)C(=O)NCC(=O)NC(CS)C(=O)O. The second-order valence-electron chi connectivity index (χ2n) is 7.59. The highest BCUT2D eigenvalue weighted by atomic mass is 32.1. The van der Waals surface area contributed by atoms with Gasteiger partial charge < -0.3 is 31.9 Å². The van der Waals surface area contributed by atoms with Crippen molar-refractivity contribution >= 4 is 36.3 Å². The Morgan fingerprint density at radius 3 is 2.06 bits per heavy atom. The number of aromatic hydroxyl groups is 1. The predicted molar refractivity (Wildman–Crippen MR) is 128 cm³/mol. The topological polar surface area (TPSA) is 171 Å². The molecule has 0 bridgehead atoms. The van der Waals surface area contributed by atoms with Crippen LogP contribution < -0.4 is 21.7 Å². The van der Waals surface area contributed by atoms with E-state index in [-0.39, 0.29) is 24.3 Å². The third-order valence-corrected chi connectivity index (χ3v) is 5.25. The number of carbonyl (C=O) groups excluding carboxylic acids is 3. The van der Waals surface area contributed by atoms with Gasteiger partial charge in [-0.3, -0.25) is 14.4 Å². The number of carbonyl (C=O) groups is 4. The lowest BCUT2D eigenvalue weighted by Crippen LogP contribution is -2.54. The lowest BCUT2D eigenvalue weighted by atomic mass is 10.0. The van der Waals surface area contributed by atoms with E-state index in [0.717, 1.165) is 11.1 Å². The molecule has 10 nitrogen and oxygen atoms in total. The summed E-state index contributed by atoms with van der Waals surface area (Å²) in [5.74, 6) is -3.15. The van der Waals surface area contributed by atoms with Crippen LogP contribution in [0.1, 0.15) is 11.1 Å². The largest absolute Gasteiger partial charge is 0.508 e. The van der Waals surface area contributed by atoms with Crippen LogP contribution in [-0.4, -0.2) is 64.3 Å². The molecular formula is C23H28N4O6S. The molecule has 2 aromatic rings. The summed E-state index contributed by atoms with van der Waals surface area (Å²) >= 11 is 3.87. The number of aliphatic carboxylic acids is 1. The molecule has 0 radical (unpaired) electrons. The summed E-state index contributed by atoms with van der Waals surface area (Å²) < 4.78 is 0. The molecule has 0 aromatic heterocycles. The fourth-order valence-corrected chi connectivity index (χ4v) is 3.29. The zero-order chi connectivity index (χ0) is 25.1. The summed E-state index contributed by atoms with van der Waals surface area (Å²) in [6.45, 7) is -0.475.